The van der Waals surface area contributed by atoms with Crippen molar-refractivity contribution in [2.45, 2.75) is 39.2 Å². The summed E-state index contributed by atoms with van der Waals surface area (Å²) in [4.78, 5) is 13.8. The Hall–Kier alpha value is -1.92. The molecule has 0 aromatic rings. The van der Waals surface area contributed by atoms with Crippen LogP contribution in [0.1, 0.15) is 33.6 Å². The number of piperidine rings is 1. The third-order valence-corrected chi connectivity index (χ3v) is 3.10. The Morgan fingerprint density at radius 1 is 1.43 bits per heavy atom. The highest BCUT2D eigenvalue weighted by Gasteiger charge is 2.28. The molecule has 7 heteroatoms. The molecule has 1 saturated heterocycles. The van der Waals surface area contributed by atoms with E-state index in [-0.39, 0.29) is 12.0 Å². The lowest BCUT2D eigenvalue weighted by molar-refractivity contribution is 0.0182. The number of hydrogen-bond acceptors (Lipinski definition) is 5. The van der Waals surface area contributed by atoms with Gasteiger partial charge in [0.2, 0.25) is 0 Å². The van der Waals surface area contributed by atoms with Crippen LogP contribution in [0.4, 0.5) is 4.79 Å². The number of hydrazone groups is 1. The monoisotopic (exact) mass is 297 g/mol. The van der Waals surface area contributed by atoms with E-state index in [2.05, 4.69) is 10.5 Å². The number of nitrogens with one attached hydrogen (secondary N) is 1. The summed E-state index contributed by atoms with van der Waals surface area (Å²) in [6.07, 6.45) is 3.16. The van der Waals surface area contributed by atoms with Crippen molar-refractivity contribution in [1.82, 2.24) is 10.3 Å². The summed E-state index contributed by atoms with van der Waals surface area (Å²) >= 11 is 0. The molecule has 21 heavy (non-hydrogen) atoms. The van der Waals surface area contributed by atoms with Crippen molar-refractivity contribution in [2.24, 2.45) is 22.5 Å². The molecule has 1 rings (SSSR count). The van der Waals surface area contributed by atoms with Crippen LogP contribution in [-0.2, 0) is 4.74 Å². The first kappa shape index (κ1) is 17.1. The summed E-state index contributed by atoms with van der Waals surface area (Å²) in [7, 11) is 1.67. The highest BCUT2D eigenvalue weighted by Crippen LogP contribution is 2.22. The molecule has 0 radical (unpaired) electrons. The van der Waals surface area contributed by atoms with Crippen molar-refractivity contribution in [2.75, 3.05) is 20.1 Å². The number of hydrogen-bond donors (Lipinski definition) is 3. The van der Waals surface area contributed by atoms with Crippen molar-refractivity contribution in [3.8, 4) is 0 Å². The normalized spacial score (nSPS) is 21.1. The molecule has 1 aliphatic rings. The summed E-state index contributed by atoms with van der Waals surface area (Å²) in [6, 6.07) is 0. The van der Waals surface area contributed by atoms with Gasteiger partial charge in [0.15, 0.2) is 0 Å². The predicted molar refractivity (Wildman–Crippen MR) is 83.5 cm³/mol. The van der Waals surface area contributed by atoms with E-state index in [4.69, 9.17) is 16.2 Å². The molecular weight excluding hydrogens is 270 g/mol. The maximum Gasteiger partial charge on any atom is 0.410 e. The number of carbonyl (C=O) groups is 1. The van der Waals surface area contributed by atoms with Crippen molar-refractivity contribution in [3.63, 3.8) is 0 Å². The summed E-state index contributed by atoms with van der Waals surface area (Å²) in [6.45, 7) is 6.81. The molecule has 5 N–H and O–H groups in total. The number of nitrogens with two attached hydrogens (primary N) is 2. The van der Waals surface area contributed by atoms with E-state index in [9.17, 15) is 4.79 Å². The fourth-order valence-corrected chi connectivity index (χ4v) is 2.19. The van der Waals surface area contributed by atoms with E-state index in [0.717, 1.165) is 12.8 Å². The Morgan fingerprint density at radius 2 is 2.10 bits per heavy atom. The summed E-state index contributed by atoms with van der Waals surface area (Å²) in [5.41, 5.74) is 14.5. The first-order valence-corrected chi connectivity index (χ1v) is 7.18. The first-order valence-electron chi connectivity index (χ1n) is 7.18. The molecule has 0 saturated carbocycles. The summed E-state index contributed by atoms with van der Waals surface area (Å²) in [5, 5.41) is 3.84. The van der Waals surface area contributed by atoms with Crippen LogP contribution < -0.4 is 16.9 Å². The molecule has 0 bridgehead atoms. The minimum Gasteiger partial charge on any atom is -0.444 e. The molecule has 1 heterocycles. The van der Waals surface area contributed by atoms with E-state index in [1.807, 2.05) is 20.8 Å². The molecule has 1 fully saturated rings. The van der Waals surface area contributed by atoms with Crippen LogP contribution in [-0.4, -0.2) is 42.6 Å². The second kappa shape index (κ2) is 7.19. The average molecular weight is 297 g/mol. The Bertz CT molecular complexity index is 426. The molecule has 1 atom stereocenters. The van der Waals surface area contributed by atoms with Crippen molar-refractivity contribution in [1.29, 1.82) is 0 Å². The van der Waals surface area contributed by atoms with E-state index >= 15 is 0 Å². The zero-order valence-electron chi connectivity index (χ0n) is 13.3. The van der Waals surface area contributed by atoms with E-state index < -0.39 is 5.60 Å². The van der Waals surface area contributed by atoms with Crippen molar-refractivity contribution in [3.05, 3.63) is 11.8 Å². The van der Waals surface area contributed by atoms with Crippen LogP contribution in [0.5, 0.6) is 0 Å². The van der Waals surface area contributed by atoms with Gasteiger partial charge in [-0.05, 0) is 33.6 Å². The van der Waals surface area contributed by atoms with Gasteiger partial charge in [-0.15, -0.1) is 0 Å². The molecular formula is C14H27N5O2. The minimum absolute atomic E-state index is 0.0804. The minimum atomic E-state index is -0.491. The zero-order valence-corrected chi connectivity index (χ0v) is 13.3. The van der Waals surface area contributed by atoms with Crippen molar-refractivity contribution < 1.29 is 9.53 Å². The number of likely N-dealkylation sites (tertiary alicyclic amines) is 1. The Morgan fingerprint density at radius 3 is 2.67 bits per heavy atom. The third-order valence-electron chi connectivity index (χ3n) is 3.10. The highest BCUT2D eigenvalue weighted by molar-refractivity contribution is 5.91. The predicted octanol–water partition coefficient (Wildman–Crippen LogP) is 0.968. The van der Waals surface area contributed by atoms with Gasteiger partial charge in [0.05, 0.1) is 0 Å². The Labute approximate surface area is 126 Å². The van der Waals surface area contributed by atoms with Gasteiger partial charge in [-0.2, -0.15) is 5.10 Å². The lowest BCUT2D eigenvalue weighted by atomic mass is 9.95. The summed E-state index contributed by atoms with van der Waals surface area (Å²) in [5.74, 6) is 0.404. The SMILES string of the molecule is CNN=C(N)C=C(N)C1CCCN(C(=O)OC(C)(C)C)C1. The van der Waals surface area contributed by atoms with Gasteiger partial charge in [0.25, 0.3) is 0 Å². The number of amidine groups is 1. The van der Waals surface area contributed by atoms with Gasteiger partial charge in [-0.1, -0.05) is 0 Å². The molecule has 1 aliphatic heterocycles. The average Bonchev–Trinajstić information content (AvgIpc) is 2.37. The topological polar surface area (TPSA) is 106 Å². The van der Waals surface area contributed by atoms with Crippen LogP contribution in [0, 0.1) is 5.92 Å². The lowest BCUT2D eigenvalue weighted by Gasteiger charge is -2.34. The van der Waals surface area contributed by atoms with Crippen molar-refractivity contribution >= 4 is 11.9 Å². The molecule has 1 amide bonds. The molecule has 7 nitrogen and oxygen atoms in total. The van der Waals surface area contributed by atoms with Crippen LogP contribution in [0.25, 0.3) is 0 Å². The van der Waals surface area contributed by atoms with Crippen LogP contribution in [0.3, 0.4) is 0 Å². The molecule has 0 aliphatic carbocycles. The lowest BCUT2D eigenvalue weighted by Crippen LogP contribution is -2.44. The Kier molecular flexibility index (Phi) is 5.87. The number of rotatable bonds is 3. The fourth-order valence-electron chi connectivity index (χ4n) is 2.19. The van der Waals surface area contributed by atoms with Gasteiger partial charge in [0.1, 0.15) is 11.4 Å². The molecule has 0 aromatic heterocycles. The zero-order chi connectivity index (χ0) is 16.0. The van der Waals surface area contributed by atoms with Gasteiger partial charge in [0, 0.05) is 37.8 Å². The van der Waals surface area contributed by atoms with Gasteiger partial charge in [-0.3, -0.25) is 0 Å². The first-order chi connectivity index (χ1) is 9.73. The third kappa shape index (κ3) is 5.93. The second-order valence-corrected chi connectivity index (χ2v) is 6.17. The second-order valence-electron chi connectivity index (χ2n) is 6.17. The molecule has 120 valence electrons. The van der Waals surface area contributed by atoms with Crippen LogP contribution in [0.15, 0.2) is 16.9 Å². The maximum absolute atomic E-state index is 12.1. The largest absolute Gasteiger partial charge is 0.444 e. The summed E-state index contributed by atoms with van der Waals surface area (Å²) < 4.78 is 5.39. The smallest absolute Gasteiger partial charge is 0.410 e. The van der Waals surface area contributed by atoms with E-state index in [1.165, 1.54) is 0 Å². The van der Waals surface area contributed by atoms with E-state index in [1.54, 1.807) is 18.0 Å². The van der Waals surface area contributed by atoms with Gasteiger partial charge < -0.3 is 26.5 Å². The number of ether oxygens (including phenoxy) is 1. The highest BCUT2D eigenvalue weighted by atomic mass is 16.6. The maximum atomic E-state index is 12.1. The standard InChI is InChI=1S/C14H27N5O2/c1-14(2,3)21-13(20)19-7-5-6-10(9-19)11(15)8-12(16)18-17-4/h8,10,17H,5-7,9,15H2,1-4H3,(H2,16,18). The van der Waals surface area contributed by atoms with Crippen LogP contribution in [0.2, 0.25) is 0 Å². The van der Waals surface area contributed by atoms with Gasteiger partial charge in [-0.25, -0.2) is 4.79 Å². The Balaban J connectivity index is 2.68. The number of carbonyl (C=O) groups excluding carboxylic acids is 1. The quantitative estimate of drug-likeness (QED) is 0.409. The number of amides is 1. The molecule has 0 aromatic carbocycles. The van der Waals surface area contributed by atoms with E-state index in [0.29, 0.717) is 24.6 Å². The van der Waals surface area contributed by atoms with Gasteiger partial charge >= 0.3 is 6.09 Å². The fraction of sp³-hybridized carbons (Fsp3) is 0.714. The number of nitrogens with zero attached hydrogens (tertiary/aromatic N) is 2. The molecule has 1 unspecified atom stereocenters. The van der Waals surface area contributed by atoms with Crippen LogP contribution >= 0.6 is 0 Å². The molecule has 0 spiro atoms.